The third-order valence-corrected chi connectivity index (χ3v) is 7.28. The lowest BCUT2D eigenvalue weighted by Crippen LogP contribution is -2.37. The van der Waals surface area contributed by atoms with E-state index in [0.29, 0.717) is 17.8 Å². The topological polar surface area (TPSA) is 38.4 Å². The quantitative estimate of drug-likeness (QED) is 0.384. The lowest BCUT2D eigenvalue weighted by atomic mass is 9.75. The van der Waals surface area contributed by atoms with Crippen LogP contribution in [0.1, 0.15) is 40.0 Å². The maximum absolute atomic E-state index is 13.3. The number of para-hydroxylation sites is 2. The number of ether oxygens (including phenoxy) is 1. The minimum atomic E-state index is -0.146. The molecule has 0 spiro atoms. The fraction of sp³-hybridized carbons (Fsp3) is 0.500. The molecular formula is C28H38N3O2+. The highest BCUT2D eigenvalue weighted by Crippen LogP contribution is 2.35. The fourth-order valence-corrected chi connectivity index (χ4v) is 5.39. The van der Waals surface area contributed by atoms with Crippen molar-refractivity contribution in [2.45, 2.75) is 52.7 Å². The molecule has 3 aromatic rings. The molecule has 1 heterocycles. The van der Waals surface area contributed by atoms with Gasteiger partial charge in [0.2, 0.25) is 0 Å². The van der Waals surface area contributed by atoms with E-state index in [9.17, 15) is 4.79 Å². The predicted octanol–water partition coefficient (Wildman–Crippen LogP) is 5.20. The highest BCUT2D eigenvalue weighted by molar-refractivity contribution is 5.80. The Bertz CT molecular complexity index is 1110. The van der Waals surface area contributed by atoms with Gasteiger partial charge in [0.1, 0.15) is 6.10 Å². The van der Waals surface area contributed by atoms with Gasteiger partial charge in [-0.25, -0.2) is 13.9 Å². The zero-order valence-electron chi connectivity index (χ0n) is 20.9. The zero-order chi connectivity index (χ0) is 23.7. The Balaban J connectivity index is 1.67. The van der Waals surface area contributed by atoms with E-state index in [1.54, 1.807) is 0 Å². The largest absolute Gasteiger partial charge is 0.459 e. The molecule has 33 heavy (non-hydrogen) atoms. The lowest BCUT2D eigenvalue weighted by molar-refractivity contribution is -0.634. The number of hydrogen-bond acceptors (Lipinski definition) is 3. The molecule has 0 radical (unpaired) electrons. The minimum absolute atomic E-state index is 0.0136. The summed E-state index contributed by atoms with van der Waals surface area (Å²) in [6, 6.07) is 16.7. The molecule has 2 aromatic carbocycles. The normalized spacial score (nSPS) is 20.9. The van der Waals surface area contributed by atoms with Crippen LogP contribution in [0.15, 0.2) is 48.5 Å². The highest BCUT2D eigenvalue weighted by Gasteiger charge is 2.34. The van der Waals surface area contributed by atoms with Crippen molar-refractivity contribution >= 4 is 22.7 Å². The first-order chi connectivity index (χ1) is 15.8. The molecule has 5 nitrogen and oxygen atoms in total. The molecular weight excluding hydrogens is 410 g/mol. The van der Waals surface area contributed by atoms with Crippen LogP contribution in [-0.2, 0) is 23.1 Å². The summed E-state index contributed by atoms with van der Waals surface area (Å²) in [6.07, 6.45) is 3.34. The number of fused-ring (bicyclic) bond motifs is 1. The number of carbonyl (C=O) groups excluding carboxylic acids is 1. The molecule has 3 atom stereocenters. The summed E-state index contributed by atoms with van der Waals surface area (Å²) in [7, 11) is 6.15. The van der Waals surface area contributed by atoms with Gasteiger partial charge in [-0.1, -0.05) is 39.3 Å². The van der Waals surface area contributed by atoms with E-state index in [0.717, 1.165) is 41.0 Å². The van der Waals surface area contributed by atoms with Crippen LogP contribution >= 0.6 is 0 Å². The standard InChI is InChI=1S/C28H38N3O2/c1-19(2)23-16-11-20(3)17-26(23)33-27(32)18-31-25-10-8-7-9-24(25)30(6)28(31)21-12-14-22(15-13-21)29(4)5/h7-10,12-15,19-20,23,26H,11,16-18H2,1-6H3/q+1/t20-,23+,26?/m1/s1. The Morgan fingerprint density at radius 1 is 1.12 bits per heavy atom. The summed E-state index contributed by atoms with van der Waals surface area (Å²) in [5.74, 6) is 2.43. The van der Waals surface area contributed by atoms with Crippen LogP contribution in [0.25, 0.3) is 22.4 Å². The molecule has 0 bridgehead atoms. The molecule has 1 unspecified atom stereocenters. The van der Waals surface area contributed by atoms with Crippen molar-refractivity contribution in [3.05, 3.63) is 48.5 Å². The average molecular weight is 449 g/mol. The molecule has 5 heteroatoms. The number of anilines is 1. The van der Waals surface area contributed by atoms with Crippen molar-refractivity contribution < 1.29 is 14.1 Å². The number of rotatable bonds is 6. The predicted molar refractivity (Wildman–Crippen MR) is 134 cm³/mol. The van der Waals surface area contributed by atoms with E-state index < -0.39 is 0 Å². The van der Waals surface area contributed by atoms with E-state index in [-0.39, 0.29) is 18.6 Å². The van der Waals surface area contributed by atoms with E-state index in [1.165, 1.54) is 6.42 Å². The number of aromatic nitrogens is 2. The van der Waals surface area contributed by atoms with E-state index in [2.05, 4.69) is 78.3 Å². The van der Waals surface area contributed by atoms with Crippen LogP contribution in [0.3, 0.4) is 0 Å². The Hall–Kier alpha value is -2.82. The Morgan fingerprint density at radius 2 is 1.82 bits per heavy atom. The van der Waals surface area contributed by atoms with E-state index in [1.807, 2.05) is 26.2 Å². The first-order valence-corrected chi connectivity index (χ1v) is 12.2. The van der Waals surface area contributed by atoms with Crippen molar-refractivity contribution in [2.75, 3.05) is 19.0 Å². The number of carbonyl (C=O) groups is 1. The SMILES string of the molecule is CC(C)[C@@H]1CC[C@@H](C)CC1OC(=O)Cn1c(-c2ccc(N(C)C)cc2)[n+](C)c2ccccc21. The number of nitrogens with zero attached hydrogens (tertiary/aromatic N) is 3. The van der Waals surface area contributed by atoms with Gasteiger partial charge >= 0.3 is 5.97 Å². The van der Waals surface area contributed by atoms with Crippen molar-refractivity contribution in [1.29, 1.82) is 0 Å². The van der Waals surface area contributed by atoms with Gasteiger partial charge in [-0.15, -0.1) is 0 Å². The molecule has 1 aromatic heterocycles. The molecule has 1 aliphatic rings. The average Bonchev–Trinajstić information content (AvgIpc) is 3.05. The monoisotopic (exact) mass is 448 g/mol. The molecule has 176 valence electrons. The highest BCUT2D eigenvalue weighted by atomic mass is 16.5. The molecule has 1 saturated carbocycles. The Labute approximate surface area is 198 Å². The van der Waals surface area contributed by atoms with Gasteiger partial charge in [0, 0.05) is 19.8 Å². The van der Waals surface area contributed by atoms with Gasteiger partial charge < -0.3 is 9.64 Å². The van der Waals surface area contributed by atoms with Gasteiger partial charge in [-0.05, 0) is 67.0 Å². The Morgan fingerprint density at radius 3 is 2.48 bits per heavy atom. The van der Waals surface area contributed by atoms with Gasteiger partial charge in [0.25, 0.3) is 5.82 Å². The summed E-state index contributed by atoms with van der Waals surface area (Å²) < 4.78 is 10.4. The van der Waals surface area contributed by atoms with Crippen molar-refractivity contribution in [3.63, 3.8) is 0 Å². The van der Waals surface area contributed by atoms with Crippen LogP contribution in [0.5, 0.6) is 0 Å². The molecule has 0 amide bonds. The van der Waals surface area contributed by atoms with Crippen LogP contribution in [0.2, 0.25) is 0 Å². The maximum Gasteiger partial charge on any atom is 0.348 e. The van der Waals surface area contributed by atoms with Crippen molar-refractivity contribution in [2.24, 2.45) is 24.8 Å². The van der Waals surface area contributed by atoms with Gasteiger partial charge in [-0.2, -0.15) is 0 Å². The number of hydrogen-bond donors (Lipinski definition) is 0. The second-order valence-electron chi connectivity index (χ2n) is 10.3. The number of imidazole rings is 1. The summed E-state index contributed by atoms with van der Waals surface area (Å²) in [6.45, 7) is 6.97. The summed E-state index contributed by atoms with van der Waals surface area (Å²) in [5, 5.41) is 0. The first-order valence-electron chi connectivity index (χ1n) is 12.2. The minimum Gasteiger partial charge on any atom is -0.459 e. The van der Waals surface area contributed by atoms with Crippen molar-refractivity contribution in [1.82, 2.24) is 4.57 Å². The van der Waals surface area contributed by atoms with E-state index in [4.69, 9.17) is 4.74 Å². The number of aryl methyl sites for hydroxylation is 1. The molecule has 1 fully saturated rings. The van der Waals surface area contributed by atoms with E-state index >= 15 is 0 Å². The number of benzene rings is 2. The molecule has 4 rings (SSSR count). The lowest BCUT2D eigenvalue weighted by Gasteiger charge is -2.36. The smallest absolute Gasteiger partial charge is 0.348 e. The molecule has 1 aliphatic carbocycles. The second kappa shape index (κ2) is 9.58. The van der Waals surface area contributed by atoms with Gasteiger partial charge in [-0.3, -0.25) is 0 Å². The first kappa shape index (κ1) is 23.3. The third-order valence-electron chi connectivity index (χ3n) is 7.28. The second-order valence-corrected chi connectivity index (χ2v) is 10.3. The molecule has 0 N–H and O–H groups in total. The summed E-state index contributed by atoms with van der Waals surface area (Å²) in [5.41, 5.74) is 4.37. The summed E-state index contributed by atoms with van der Waals surface area (Å²) in [4.78, 5) is 15.4. The third kappa shape index (κ3) is 4.78. The van der Waals surface area contributed by atoms with Crippen molar-refractivity contribution in [3.8, 4) is 11.4 Å². The molecule has 0 saturated heterocycles. The maximum atomic E-state index is 13.3. The summed E-state index contributed by atoms with van der Waals surface area (Å²) >= 11 is 0. The Kier molecular flexibility index (Phi) is 6.78. The van der Waals surface area contributed by atoms with Gasteiger partial charge in [0.15, 0.2) is 17.6 Å². The van der Waals surface area contributed by atoms with Crippen LogP contribution in [0.4, 0.5) is 5.69 Å². The van der Waals surface area contributed by atoms with Crippen LogP contribution in [0, 0.1) is 17.8 Å². The van der Waals surface area contributed by atoms with Crippen LogP contribution in [-0.4, -0.2) is 30.7 Å². The van der Waals surface area contributed by atoms with Gasteiger partial charge in [0.05, 0.1) is 12.6 Å². The van der Waals surface area contributed by atoms with Crippen LogP contribution < -0.4 is 9.47 Å². The fourth-order valence-electron chi connectivity index (χ4n) is 5.39. The molecule has 0 aliphatic heterocycles. The number of esters is 1. The zero-order valence-corrected chi connectivity index (χ0v) is 20.9.